The van der Waals surface area contributed by atoms with E-state index in [9.17, 15) is 15.0 Å². The van der Waals surface area contributed by atoms with Gasteiger partial charge in [0.15, 0.2) is 5.78 Å². The standard InChI is InChI=1S/C18H12O3S2/c19-12-8-14(21)18-13(20)7-11-6-10(15-2-1-5-22-15)3-4-16(11)23-17(18)9-12/h1-6,8-9,19,21H,7H2. The van der Waals surface area contributed by atoms with Crippen molar-refractivity contribution in [2.24, 2.45) is 0 Å². The fourth-order valence-electron chi connectivity index (χ4n) is 2.74. The van der Waals surface area contributed by atoms with Gasteiger partial charge in [0.05, 0.1) is 5.56 Å². The van der Waals surface area contributed by atoms with Crippen LogP contribution in [-0.2, 0) is 6.42 Å². The van der Waals surface area contributed by atoms with Gasteiger partial charge in [-0.1, -0.05) is 23.9 Å². The molecule has 0 spiro atoms. The average Bonchev–Trinajstić information content (AvgIpc) is 2.98. The van der Waals surface area contributed by atoms with E-state index >= 15 is 0 Å². The molecule has 114 valence electrons. The van der Waals surface area contributed by atoms with Crippen LogP contribution in [0, 0.1) is 0 Å². The first-order valence-corrected chi connectivity index (χ1v) is 8.75. The molecule has 0 saturated carbocycles. The van der Waals surface area contributed by atoms with Crippen LogP contribution in [0.3, 0.4) is 0 Å². The minimum atomic E-state index is -0.163. The molecule has 4 rings (SSSR count). The number of aromatic hydroxyl groups is 2. The summed E-state index contributed by atoms with van der Waals surface area (Å²) in [6, 6.07) is 12.9. The highest BCUT2D eigenvalue weighted by atomic mass is 32.2. The number of Topliss-reactive ketones (excluding diaryl/α,β-unsaturated/α-hetero) is 1. The van der Waals surface area contributed by atoms with E-state index in [4.69, 9.17) is 0 Å². The lowest BCUT2D eigenvalue weighted by atomic mass is 10.0. The summed E-state index contributed by atoms with van der Waals surface area (Å²) in [5.41, 5.74) is 2.33. The maximum absolute atomic E-state index is 12.5. The van der Waals surface area contributed by atoms with Crippen molar-refractivity contribution >= 4 is 28.9 Å². The minimum Gasteiger partial charge on any atom is -0.508 e. The molecule has 1 aliphatic rings. The second-order valence-electron chi connectivity index (χ2n) is 5.34. The van der Waals surface area contributed by atoms with E-state index in [2.05, 4.69) is 6.07 Å². The predicted octanol–water partition coefficient (Wildman–Crippen LogP) is 4.72. The van der Waals surface area contributed by atoms with E-state index in [1.54, 1.807) is 11.3 Å². The van der Waals surface area contributed by atoms with Gasteiger partial charge in [-0.25, -0.2) is 0 Å². The largest absolute Gasteiger partial charge is 0.508 e. The first-order chi connectivity index (χ1) is 11.1. The number of hydrogen-bond donors (Lipinski definition) is 2. The average molecular weight is 340 g/mol. The van der Waals surface area contributed by atoms with Crippen LogP contribution >= 0.6 is 23.1 Å². The molecule has 0 bridgehead atoms. The Bertz CT molecular complexity index is 914. The van der Waals surface area contributed by atoms with Crippen molar-refractivity contribution in [3.63, 3.8) is 0 Å². The third-order valence-electron chi connectivity index (χ3n) is 3.78. The van der Waals surface area contributed by atoms with Crippen LogP contribution in [0.2, 0.25) is 0 Å². The lowest BCUT2D eigenvalue weighted by molar-refractivity contribution is 0.0987. The first kappa shape index (κ1) is 14.4. The number of carbonyl (C=O) groups is 1. The normalized spacial score (nSPS) is 13.3. The Morgan fingerprint density at radius 1 is 1.00 bits per heavy atom. The molecule has 2 N–H and O–H groups in total. The minimum absolute atomic E-state index is 0.0415. The number of carbonyl (C=O) groups excluding carboxylic acids is 1. The Morgan fingerprint density at radius 2 is 1.87 bits per heavy atom. The molecule has 23 heavy (non-hydrogen) atoms. The summed E-state index contributed by atoms with van der Waals surface area (Å²) in [6.07, 6.45) is 0.243. The second kappa shape index (κ2) is 5.44. The zero-order valence-electron chi connectivity index (χ0n) is 11.9. The molecule has 3 nitrogen and oxygen atoms in total. The number of ketones is 1. The SMILES string of the molecule is O=C1Cc2cc(-c3cccs3)ccc2Sc2cc(O)cc(O)c21. The molecule has 0 amide bonds. The maximum atomic E-state index is 12.5. The highest BCUT2D eigenvalue weighted by Crippen LogP contribution is 2.43. The molecule has 5 heteroatoms. The summed E-state index contributed by atoms with van der Waals surface area (Å²) >= 11 is 3.06. The van der Waals surface area contributed by atoms with E-state index in [0.29, 0.717) is 10.5 Å². The molecule has 0 saturated heterocycles. The highest BCUT2D eigenvalue weighted by Gasteiger charge is 2.24. The van der Waals surface area contributed by atoms with Gasteiger partial charge < -0.3 is 10.2 Å². The van der Waals surface area contributed by atoms with E-state index in [1.807, 2.05) is 29.6 Å². The zero-order chi connectivity index (χ0) is 16.0. The van der Waals surface area contributed by atoms with E-state index in [0.717, 1.165) is 20.9 Å². The fraction of sp³-hybridized carbons (Fsp3) is 0.0556. The number of fused-ring (bicyclic) bond motifs is 2. The Labute approximate surface area is 141 Å². The van der Waals surface area contributed by atoms with Gasteiger partial charge in [-0.2, -0.15) is 0 Å². The highest BCUT2D eigenvalue weighted by molar-refractivity contribution is 7.99. The molecule has 0 fully saturated rings. The number of rotatable bonds is 1. The number of benzene rings is 2. The molecule has 0 unspecified atom stereocenters. The Morgan fingerprint density at radius 3 is 2.65 bits per heavy atom. The molecule has 0 radical (unpaired) electrons. The van der Waals surface area contributed by atoms with Gasteiger partial charge >= 0.3 is 0 Å². The quantitative estimate of drug-likeness (QED) is 0.673. The lowest BCUT2D eigenvalue weighted by Crippen LogP contribution is -2.03. The van der Waals surface area contributed by atoms with Crippen LogP contribution in [0.5, 0.6) is 11.5 Å². The number of phenolic OH excluding ortho intramolecular Hbond substituents is 2. The Hall–Kier alpha value is -2.24. The van der Waals surface area contributed by atoms with Crippen LogP contribution in [-0.4, -0.2) is 16.0 Å². The van der Waals surface area contributed by atoms with Gasteiger partial charge in [-0.05, 0) is 40.8 Å². The van der Waals surface area contributed by atoms with E-state index < -0.39 is 0 Å². The molecule has 2 aromatic carbocycles. The molecule has 0 aliphatic carbocycles. The summed E-state index contributed by atoms with van der Waals surface area (Å²) in [6.45, 7) is 0. The zero-order valence-corrected chi connectivity index (χ0v) is 13.6. The van der Waals surface area contributed by atoms with Crippen molar-refractivity contribution in [2.75, 3.05) is 0 Å². The van der Waals surface area contributed by atoms with E-state index in [-0.39, 0.29) is 23.7 Å². The van der Waals surface area contributed by atoms with Gasteiger partial charge in [0.25, 0.3) is 0 Å². The fourth-order valence-corrected chi connectivity index (χ4v) is 4.60. The summed E-state index contributed by atoms with van der Waals surface area (Å²) in [7, 11) is 0. The van der Waals surface area contributed by atoms with Crippen LogP contribution in [0.1, 0.15) is 15.9 Å². The molecule has 2 heterocycles. The van der Waals surface area contributed by atoms with Crippen LogP contribution in [0.4, 0.5) is 0 Å². The summed E-state index contributed by atoms with van der Waals surface area (Å²) in [5.74, 6) is -0.337. The smallest absolute Gasteiger partial charge is 0.172 e. The summed E-state index contributed by atoms with van der Waals surface area (Å²) < 4.78 is 0. The van der Waals surface area contributed by atoms with Gasteiger partial charge in [-0.15, -0.1) is 11.3 Å². The van der Waals surface area contributed by atoms with Crippen molar-refractivity contribution in [3.05, 3.63) is 59.0 Å². The molecular weight excluding hydrogens is 328 g/mol. The monoisotopic (exact) mass is 340 g/mol. The predicted molar refractivity (Wildman–Crippen MR) is 91.7 cm³/mol. The molecular formula is C18H12O3S2. The molecule has 1 aromatic heterocycles. The van der Waals surface area contributed by atoms with Crippen molar-refractivity contribution in [2.45, 2.75) is 16.2 Å². The van der Waals surface area contributed by atoms with E-state index in [1.165, 1.54) is 23.9 Å². The van der Waals surface area contributed by atoms with Crippen molar-refractivity contribution in [1.82, 2.24) is 0 Å². The second-order valence-corrected chi connectivity index (χ2v) is 7.37. The topological polar surface area (TPSA) is 57.5 Å². The van der Waals surface area contributed by atoms with Crippen LogP contribution in [0.15, 0.2) is 57.6 Å². The van der Waals surface area contributed by atoms with Gasteiger partial charge in [0, 0.05) is 27.2 Å². The summed E-state index contributed by atoms with van der Waals surface area (Å²) in [5, 5.41) is 21.7. The van der Waals surface area contributed by atoms with Crippen LogP contribution in [0.25, 0.3) is 10.4 Å². The van der Waals surface area contributed by atoms with Gasteiger partial charge in [0.1, 0.15) is 11.5 Å². The maximum Gasteiger partial charge on any atom is 0.172 e. The molecule has 3 aromatic rings. The van der Waals surface area contributed by atoms with Crippen molar-refractivity contribution in [1.29, 1.82) is 0 Å². The lowest BCUT2D eigenvalue weighted by Gasteiger charge is -2.08. The number of hydrogen-bond acceptors (Lipinski definition) is 5. The third kappa shape index (κ3) is 2.52. The Kier molecular flexibility index (Phi) is 3.39. The molecule has 0 atom stereocenters. The van der Waals surface area contributed by atoms with Crippen LogP contribution < -0.4 is 0 Å². The summed E-state index contributed by atoms with van der Waals surface area (Å²) in [4.78, 5) is 15.3. The first-order valence-electron chi connectivity index (χ1n) is 7.05. The Balaban J connectivity index is 1.83. The van der Waals surface area contributed by atoms with Crippen molar-refractivity contribution in [3.8, 4) is 21.9 Å². The van der Waals surface area contributed by atoms with Gasteiger partial charge in [-0.3, -0.25) is 4.79 Å². The third-order valence-corrected chi connectivity index (χ3v) is 5.86. The van der Waals surface area contributed by atoms with Crippen molar-refractivity contribution < 1.29 is 15.0 Å². The molecule has 1 aliphatic heterocycles. The number of thiophene rings is 1. The van der Waals surface area contributed by atoms with Gasteiger partial charge in [0.2, 0.25) is 0 Å². The number of phenols is 2.